The molecule has 0 atom stereocenters. The average Bonchev–Trinajstić information content (AvgIpc) is 2.84. The molecule has 0 saturated heterocycles. The molecule has 2 aromatic heterocycles. The molecule has 0 aliphatic rings. The first-order chi connectivity index (χ1) is 7.65. The van der Waals surface area contributed by atoms with Gasteiger partial charge in [-0.25, -0.2) is 0 Å². The van der Waals surface area contributed by atoms with Crippen LogP contribution in [0.1, 0.15) is 9.67 Å². The van der Waals surface area contributed by atoms with E-state index in [0.717, 1.165) is 0 Å². The highest BCUT2D eigenvalue weighted by atomic mass is 35.5. The molecule has 0 aliphatic heterocycles. The van der Waals surface area contributed by atoms with Gasteiger partial charge in [-0.1, -0.05) is 34.7 Å². The third kappa shape index (κ3) is 2.94. The second kappa shape index (κ2) is 5.13. The molecule has 0 bridgehead atoms. The van der Waals surface area contributed by atoms with E-state index in [4.69, 9.17) is 17.3 Å². The number of hydrogen-bond acceptors (Lipinski definition) is 7. The molecule has 8 heteroatoms. The molecule has 2 N–H and O–H groups in total. The zero-order valence-electron chi connectivity index (χ0n) is 7.84. The predicted octanol–water partition coefficient (Wildman–Crippen LogP) is 2.81. The van der Waals surface area contributed by atoms with Crippen molar-refractivity contribution in [3.63, 3.8) is 0 Å². The largest absolute Gasteiger partial charge is 0.374 e. The second-order valence-corrected chi connectivity index (χ2v) is 6.67. The summed E-state index contributed by atoms with van der Waals surface area (Å²) in [6.45, 7) is 0. The molecule has 0 amide bonds. The SMILES string of the molecule is Nc1nnc(SCC(=O)c2ccc(Cl)s2)s1. The fraction of sp³-hybridized carbons (Fsp3) is 0.125. The minimum Gasteiger partial charge on any atom is -0.374 e. The summed E-state index contributed by atoms with van der Waals surface area (Å²) in [5.41, 5.74) is 5.43. The maximum atomic E-state index is 11.7. The molecule has 4 nitrogen and oxygen atoms in total. The first-order valence-electron chi connectivity index (χ1n) is 4.15. The van der Waals surface area contributed by atoms with E-state index >= 15 is 0 Å². The van der Waals surface area contributed by atoms with E-state index in [2.05, 4.69) is 10.2 Å². The van der Waals surface area contributed by atoms with Crippen molar-refractivity contribution in [1.82, 2.24) is 10.2 Å². The lowest BCUT2D eigenvalue weighted by Gasteiger charge is -1.93. The molecule has 2 aromatic rings. The molecule has 2 heterocycles. The van der Waals surface area contributed by atoms with Crippen molar-refractivity contribution >= 4 is 57.0 Å². The summed E-state index contributed by atoms with van der Waals surface area (Å²) < 4.78 is 1.32. The number of Topliss-reactive ketones (excluding diaryl/α,β-unsaturated/α-hetero) is 1. The van der Waals surface area contributed by atoms with Gasteiger partial charge in [-0.05, 0) is 12.1 Å². The number of nitrogens with two attached hydrogens (primary N) is 1. The van der Waals surface area contributed by atoms with Crippen LogP contribution < -0.4 is 5.73 Å². The molecule has 0 saturated carbocycles. The Morgan fingerprint density at radius 1 is 1.44 bits per heavy atom. The van der Waals surface area contributed by atoms with Crippen LogP contribution in [-0.2, 0) is 0 Å². The highest BCUT2D eigenvalue weighted by Crippen LogP contribution is 2.27. The highest BCUT2D eigenvalue weighted by molar-refractivity contribution is 8.01. The van der Waals surface area contributed by atoms with Crippen LogP contribution >= 0.6 is 46.0 Å². The van der Waals surface area contributed by atoms with E-state index < -0.39 is 0 Å². The average molecular weight is 292 g/mol. The monoisotopic (exact) mass is 291 g/mol. The van der Waals surface area contributed by atoms with Crippen molar-refractivity contribution in [3.05, 3.63) is 21.3 Å². The molecular weight excluding hydrogens is 286 g/mol. The van der Waals surface area contributed by atoms with Gasteiger partial charge in [0.15, 0.2) is 10.1 Å². The van der Waals surface area contributed by atoms with Gasteiger partial charge in [0.05, 0.1) is 15.0 Å². The summed E-state index contributed by atoms with van der Waals surface area (Å²) >= 11 is 9.64. The molecule has 0 aliphatic carbocycles. The number of ketones is 1. The van der Waals surface area contributed by atoms with Gasteiger partial charge in [-0.2, -0.15) is 0 Å². The van der Waals surface area contributed by atoms with Crippen molar-refractivity contribution in [2.75, 3.05) is 11.5 Å². The van der Waals surface area contributed by atoms with Crippen molar-refractivity contribution in [2.45, 2.75) is 4.34 Å². The van der Waals surface area contributed by atoms with Gasteiger partial charge in [-0.15, -0.1) is 21.5 Å². The van der Waals surface area contributed by atoms with Crippen LogP contribution in [0.5, 0.6) is 0 Å². The van der Waals surface area contributed by atoms with Gasteiger partial charge in [0, 0.05) is 0 Å². The van der Waals surface area contributed by atoms with Crippen LogP contribution in [0.4, 0.5) is 5.13 Å². The lowest BCUT2D eigenvalue weighted by atomic mass is 10.4. The van der Waals surface area contributed by atoms with Crippen LogP contribution in [0.15, 0.2) is 16.5 Å². The Labute approximate surface area is 109 Å². The number of anilines is 1. The molecule has 0 unspecified atom stereocenters. The van der Waals surface area contributed by atoms with Crippen molar-refractivity contribution < 1.29 is 4.79 Å². The second-order valence-electron chi connectivity index (χ2n) is 2.72. The number of carbonyl (C=O) groups is 1. The normalized spacial score (nSPS) is 10.6. The van der Waals surface area contributed by atoms with Crippen LogP contribution in [0, 0.1) is 0 Å². The Morgan fingerprint density at radius 2 is 2.25 bits per heavy atom. The van der Waals surface area contributed by atoms with Gasteiger partial charge < -0.3 is 5.73 Å². The van der Waals surface area contributed by atoms with Gasteiger partial charge in [0.1, 0.15) is 0 Å². The topological polar surface area (TPSA) is 68.9 Å². The van der Waals surface area contributed by atoms with Crippen LogP contribution in [0.2, 0.25) is 4.34 Å². The van der Waals surface area contributed by atoms with Crippen molar-refractivity contribution in [3.8, 4) is 0 Å². The smallest absolute Gasteiger partial charge is 0.203 e. The molecule has 16 heavy (non-hydrogen) atoms. The quantitative estimate of drug-likeness (QED) is 0.693. The molecule has 2 rings (SSSR count). The molecule has 0 aromatic carbocycles. The fourth-order valence-corrected chi connectivity index (χ4v) is 3.53. The van der Waals surface area contributed by atoms with Gasteiger partial charge in [-0.3, -0.25) is 4.79 Å². The fourth-order valence-electron chi connectivity index (χ4n) is 0.941. The zero-order valence-corrected chi connectivity index (χ0v) is 11.0. The van der Waals surface area contributed by atoms with Crippen LogP contribution in [0.25, 0.3) is 0 Å². The molecular formula is C8H6ClN3OS3. The van der Waals surface area contributed by atoms with E-state index in [9.17, 15) is 4.79 Å². The number of thiophene rings is 1. The number of halogens is 1. The summed E-state index contributed by atoms with van der Waals surface area (Å²) in [5, 5.41) is 7.90. The Bertz CT molecular complexity index is 510. The van der Waals surface area contributed by atoms with E-state index in [1.54, 1.807) is 12.1 Å². The third-order valence-corrected chi connectivity index (χ3v) is 4.75. The van der Waals surface area contributed by atoms with Gasteiger partial charge in [0.25, 0.3) is 0 Å². The highest BCUT2D eigenvalue weighted by Gasteiger charge is 2.11. The van der Waals surface area contributed by atoms with Crippen molar-refractivity contribution in [2.24, 2.45) is 0 Å². The first kappa shape index (κ1) is 11.8. The van der Waals surface area contributed by atoms with Crippen LogP contribution in [-0.4, -0.2) is 21.7 Å². The number of aromatic nitrogens is 2. The van der Waals surface area contributed by atoms with E-state index in [0.29, 0.717) is 24.4 Å². The summed E-state index contributed by atoms with van der Waals surface area (Å²) in [6.07, 6.45) is 0. The Kier molecular flexibility index (Phi) is 3.80. The molecule has 0 fully saturated rings. The predicted molar refractivity (Wildman–Crippen MR) is 68.7 cm³/mol. The molecule has 84 valence electrons. The van der Waals surface area contributed by atoms with E-state index in [1.165, 1.54) is 34.4 Å². The number of hydrogen-bond donors (Lipinski definition) is 1. The summed E-state index contributed by atoms with van der Waals surface area (Å²) in [6, 6.07) is 3.44. The molecule has 0 radical (unpaired) electrons. The summed E-state index contributed by atoms with van der Waals surface area (Å²) in [4.78, 5) is 12.4. The Balaban J connectivity index is 1.93. The summed E-state index contributed by atoms with van der Waals surface area (Å²) in [5.74, 6) is 0.363. The Hall–Kier alpha value is -0.630. The minimum absolute atomic E-state index is 0.0377. The van der Waals surface area contributed by atoms with Gasteiger partial charge >= 0.3 is 0 Å². The van der Waals surface area contributed by atoms with Crippen molar-refractivity contribution in [1.29, 1.82) is 0 Å². The minimum atomic E-state index is 0.0377. The number of carbonyl (C=O) groups excluding carboxylic acids is 1. The number of thioether (sulfide) groups is 1. The standard InChI is InChI=1S/C8H6ClN3OS3/c9-6-2-1-5(15-6)4(13)3-14-8-12-11-7(10)16-8/h1-2H,3H2,(H2,10,11). The lowest BCUT2D eigenvalue weighted by molar-refractivity contribution is 0.102. The zero-order chi connectivity index (χ0) is 11.5. The maximum absolute atomic E-state index is 11.7. The van der Waals surface area contributed by atoms with Crippen LogP contribution in [0.3, 0.4) is 0 Å². The lowest BCUT2D eigenvalue weighted by Crippen LogP contribution is -1.98. The first-order valence-corrected chi connectivity index (χ1v) is 7.15. The molecule has 0 spiro atoms. The van der Waals surface area contributed by atoms with E-state index in [1.807, 2.05) is 0 Å². The Morgan fingerprint density at radius 3 is 2.81 bits per heavy atom. The number of nitrogens with zero attached hydrogens (tertiary/aromatic N) is 2. The third-order valence-electron chi connectivity index (χ3n) is 1.60. The van der Waals surface area contributed by atoms with Gasteiger partial charge in [0.2, 0.25) is 5.13 Å². The van der Waals surface area contributed by atoms with E-state index in [-0.39, 0.29) is 5.78 Å². The number of rotatable bonds is 4. The summed E-state index contributed by atoms with van der Waals surface area (Å²) in [7, 11) is 0. The maximum Gasteiger partial charge on any atom is 0.203 e. The number of nitrogen functional groups attached to an aromatic ring is 1.